The maximum absolute atomic E-state index is 12.8. The second-order valence-corrected chi connectivity index (χ2v) is 7.02. The fraction of sp³-hybridized carbons (Fsp3) is 0.625. The number of piperidine rings is 1. The number of likely N-dealkylation sites (tertiary alicyclic amines) is 1. The van der Waals surface area contributed by atoms with Gasteiger partial charge in [0.2, 0.25) is 5.91 Å². The predicted octanol–water partition coefficient (Wildman–Crippen LogP) is -0.0298. The summed E-state index contributed by atoms with van der Waals surface area (Å²) in [6, 6.07) is -0.950. The molecule has 2 N–H and O–H groups in total. The van der Waals surface area contributed by atoms with Crippen molar-refractivity contribution in [2.75, 3.05) is 13.1 Å². The first-order valence-corrected chi connectivity index (χ1v) is 8.41. The van der Waals surface area contributed by atoms with Gasteiger partial charge in [-0.05, 0) is 30.7 Å². The zero-order valence-electron chi connectivity index (χ0n) is 13.6. The number of carbonyl (C=O) groups excluding carboxylic acids is 3. The van der Waals surface area contributed by atoms with Crippen molar-refractivity contribution < 1.29 is 14.4 Å². The molecule has 24 heavy (non-hydrogen) atoms. The fourth-order valence-electron chi connectivity index (χ4n) is 3.95. The van der Waals surface area contributed by atoms with E-state index in [0.29, 0.717) is 6.54 Å². The van der Waals surface area contributed by atoms with Crippen molar-refractivity contribution in [3.63, 3.8) is 0 Å². The van der Waals surface area contributed by atoms with Crippen LogP contribution in [0.3, 0.4) is 0 Å². The molecule has 4 amide bonds. The van der Waals surface area contributed by atoms with E-state index in [1.807, 2.05) is 24.3 Å². The molecule has 0 radical (unpaired) electrons. The first kappa shape index (κ1) is 15.2. The van der Waals surface area contributed by atoms with Gasteiger partial charge in [0.15, 0.2) is 0 Å². The summed E-state index contributed by atoms with van der Waals surface area (Å²) < 4.78 is 1.76. The van der Waals surface area contributed by atoms with Crippen LogP contribution in [-0.4, -0.2) is 51.7 Å². The number of hydrogen-bond donors (Lipinski definition) is 2. The molecule has 8 nitrogen and oxygen atoms in total. The first-order chi connectivity index (χ1) is 11.5. The Morgan fingerprint density at radius 3 is 2.88 bits per heavy atom. The Morgan fingerprint density at radius 1 is 1.38 bits per heavy atom. The Bertz CT molecular complexity index is 700. The second kappa shape index (κ2) is 5.61. The van der Waals surface area contributed by atoms with Crippen molar-refractivity contribution in [3.8, 4) is 0 Å². The maximum Gasteiger partial charge on any atom is 0.322 e. The van der Waals surface area contributed by atoms with Gasteiger partial charge >= 0.3 is 6.03 Å². The number of nitrogens with zero attached hydrogens (tertiary/aromatic N) is 3. The molecule has 1 aromatic heterocycles. The third-order valence-electron chi connectivity index (χ3n) is 5.31. The lowest BCUT2D eigenvalue weighted by atomic mass is 9.90. The lowest BCUT2D eigenvalue weighted by molar-refractivity contribution is -0.135. The molecule has 1 saturated carbocycles. The quantitative estimate of drug-likeness (QED) is 0.760. The highest BCUT2D eigenvalue weighted by Gasteiger charge is 2.48. The zero-order valence-corrected chi connectivity index (χ0v) is 13.6. The Balaban J connectivity index is 1.39. The van der Waals surface area contributed by atoms with Crippen molar-refractivity contribution in [2.24, 2.45) is 18.9 Å². The largest absolute Gasteiger partial charge is 0.342 e. The van der Waals surface area contributed by atoms with Crippen LogP contribution in [0.1, 0.15) is 30.7 Å². The number of nitrogens with one attached hydrogen (secondary N) is 2. The van der Waals surface area contributed by atoms with Gasteiger partial charge in [-0.15, -0.1) is 0 Å². The fourth-order valence-corrected chi connectivity index (χ4v) is 3.95. The highest BCUT2D eigenvalue weighted by atomic mass is 16.2. The number of hydrogen-bond acceptors (Lipinski definition) is 4. The van der Waals surface area contributed by atoms with Crippen LogP contribution in [0.15, 0.2) is 12.4 Å². The monoisotopic (exact) mass is 331 g/mol. The smallest absolute Gasteiger partial charge is 0.322 e. The molecule has 3 aliphatic rings. The Hall–Kier alpha value is -2.38. The molecule has 2 saturated heterocycles. The summed E-state index contributed by atoms with van der Waals surface area (Å²) in [6.45, 7) is 1.27. The van der Waals surface area contributed by atoms with Crippen molar-refractivity contribution in [3.05, 3.63) is 18.0 Å². The van der Waals surface area contributed by atoms with Gasteiger partial charge in [0.05, 0.1) is 6.20 Å². The van der Waals surface area contributed by atoms with E-state index >= 15 is 0 Å². The number of aryl methyl sites for hydroxylation is 1. The average Bonchev–Trinajstić information content (AvgIpc) is 3.13. The van der Waals surface area contributed by atoms with Gasteiger partial charge in [0.1, 0.15) is 6.04 Å². The van der Waals surface area contributed by atoms with E-state index < -0.39 is 12.1 Å². The van der Waals surface area contributed by atoms with Crippen LogP contribution in [0.25, 0.3) is 0 Å². The normalized spacial score (nSPS) is 32.5. The standard InChI is InChI=1S/C16H21N5O3/c1-20-7-10(6-17-20)11-5-12(11)15(23)21-4-2-3-9(8-21)13-14(22)19-16(24)18-13/h6-7,9,11-13H,2-5,8H2,1H3,(H2,18,19,22,24)/t9-,11+,12+,13-/m1/s1. The van der Waals surface area contributed by atoms with Gasteiger partial charge in [-0.1, -0.05) is 0 Å². The third kappa shape index (κ3) is 2.65. The molecule has 3 heterocycles. The molecule has 4 rings (SSSR count). The van der Waals surface area contributed by atoms with Crippen molar-refractivity contribution >= 4 is 17.8 Å². The Labute approximate surface area is 139 Å². The molecule has 0 aromatic carbocycles. The molecule has 0 unspecified atom stereocenters. The van der Waals surface area contributed by atoms with Gasteiger partial charge in [0.25, 0.3) is 5.91 Å². The van der Waals surface area contributed by atoms with Crippen LogP contribution in [0.4, 0.5) is 4.79 Å². The van der Waals surface area contributed by atoms with Crippen LogP contribution < -0.4 is 10.6 Å². The topological polar surface area (TPSA) is 96.3 Å². The lowest BCUT2D eigenvalue weighted by Gasteiger charge is -2.34. The number of amides is 4. The maximum atomic E-state index is 12.8. The molecule has 0 bridgehead atoms. The van der Waals surface area contributed by atoms with Crippen LogP contribution in [0, 0.1) is 11.8 Å². The van der Waals surface area contributed by atoms with Crippen LogP contribution in [0.2, 0.25) is 0 Å². The number of urea groups is 1. The molecule has 0 spiro atoms. The van der Waals surface area contributed by atoms with Gasteiger partial charge in [-0.3, -0.25) is 19.6 Å². The molecule has 8 heteroatoms. The van der Waals surface area contributed by atoms with Gasteiger partial charge in [0, 0.05) is 38.2 Å². The molecule has 2 aliphatic heterocycles. The predicted molar refractivity (Wildman–Crippen MR) is 83.8 cm³/mol. The lowest BCUT2D eigenvalue weighted by Crippen LogP contribution is -2.48. The van der Waals surface area contributed by atoms with Crippen molar-refractivity contribution in [1.82, 2.24) is 25.3 Å². The first-order valence-electron chi connectivity index (χ1n) is 8.41. The summed E-state index contributed by atoms with van der Waals surface area (Å²) in [5, 5.41) is 9.11. The summed E-state index contributed by atoms with van der Waals surface area (Å²) in [6.07, 6.45) is 6.37. The van der Waals surface area contributed by atoms with Gasteiger partial charge in [-0.25, -0.2) is 4.79 Å². The van der Waals surface area contributed by atoms with E-state index in [-0.39, 0.29) is 29.6 Å². The minimum atomic E-state index is -0.513. The summed E-state index contributed by atoms with van der Waals surface area (Å²) in [4.78, 5) is 37.8. The average molecular weight is 331 g/mol. The van der Waals surface area contributed by atoms with E-state index in [4.69, 9.17) is 0 Å². The molecule has 1 aliphatic carbocycles. The van der Waals surface area contributed by atoms with E-state index in [2.05, 4.69) is 15.7 Å². The van der Waals surface area contributed by atoms with Crippen LogP contribution in [0.5, 0.6) is 0 Å². The number of carbonyl (C=O) groups is 3. The minimum absolute atomic E-state index is 0.00950. The molecule has 3 fully saturated rings. The van der Waals surface area contributed by atoms with E-state index in [9.17, 15) is 14.4 Å². The van der Waals surface area contributed by atoms with E-state index in [0.717, 1.165) is 31.4 Å². The summed E-state index contributed by atoms with van der Waals surface area (Å²) >= 11 is 0. The van der Waals surface area contributed by atoms with E-state index in [1.165, 1.54) is 0 Å². The third-order valence-corrected chi connectivity index (χ3v) is 5.31. The zero-order chi connectivity index (χ0) is 16.8. The SMILES string of the molecule is Cn1cc([C@@H]2C[C@@H]2C(=O)N2CCC[C@@H]([C@H]3NC(=O)NC3=O)C2)cn1. The number of rotatable bonds is 3. The van der Waals surface area contributed by atoms with Gasteiger partial charge < -0.3 is 10.2 Å². The van der Waals surface area contributed by atoms with Gasteiger partial charge in [-0.2, -0.15) is 5.10 Å². The van der Waals surface area contributed by atoms with Crippen LogP contribution in [-0.2, 0) is 16.6 Å². The number of imide groups is 1. The minimum Gasteiger partial charge on any atom is -0.342 e. The molecule has 128 valence electrons. The molecular formula is C16H21N5O3. The second-order valence-electron chi connectivity index (χ2n) is 7.02. The van der Waals surface area contributed by atoms with Crippen molar-refractivity contribution in [1.29, 1.82) is 0 Å². The highest BCUT2D eigenvalue weighted by Crippen LogP contribution is 2.48. The molecule has 4 atom stereocenters. The van der Waals surface area contributed by atoms with Crippen molar-refractivity contribution in [2.45, 2.75) is 31.2 Å². The summed E-state index contributed by atoms with van der Waals surface area (Å²) in [5.41, 5.74) is 1.12. The highest BCUT2D eigenvalue weighted by molar-refractivity contribution is 6.04. The van der Waals surface area contributed by atoms with Crippen LogP contribution >= 0.6 is 0 Å². The molecule has 1 aromatic rings. The Kier molecular flexibility index (Phi) is 3.54. The summed E-state index contributed by atoms with van der Waals surface area (Å²) in [7, 11) is 1.87. The Morgan fingerprint density at radius 2 is 2.21 bits per heavy atom. The number of aromatic nitrogens is 2. The molecular weight excluding hydrogens is 310 g/mol. The van der Waals surface area contributed by atoms with E-state index in [1.54, 1.807) is 4.68 Å². The summed E-state index contributed by atoms with van der Waals surface area (Å²) in [5.74, 6) is 0.169.